The predicted octanol–water partition coefficient (Wildman–Crippen LogP) is 1.57. The van der Waals surface area contributed by atoms with E-state index in [-0.39, 0.29) is 0 Å². The molecular formula is C11H22N2S. The topological polar surface area (TPSA) is 15.3 Å². The van der Waals surface area contributed by atoms with Gasteiger partial charge in [-0.25, -0.2) is 0 Å². The molecule has 0 aromatic rings. The smallest absolute Gasteiger partial charge is 0.0195 e. The van der Waals surface area contributed by atoms with Gasteiger partial charge in [0.05, 0.1) is 0 Å². The van der Waals surface area contributed by atoms with Gasteiger partial charge < -0.3 is 10.2 Å². The van der Waals surface area contributed by atoms with Gasteiger partial charge in [-0.05, 0) is 45.0 Å². The van der Waals surface area contributed by atoms with Crippen LogP contribution in [0.1, 0.15) is 25.7 Å². The predicted molar refractivity (Wildman–Crippen MR) is 64.0 cm³/mol. The van der Waals surface area contributed by atoms with Gasteiger partial charge in [-0.15, -0.1) is 0 Å². The summed E-state index contributed by atoms with van der Waals surface area (Å²) in [4.78, 5) is 2.66. The molecule has 1 N–H and O–H groups in total. The molecule has 2 nitrogen and oxygen atoms in total. The Hall–Kier alpha value is 0.270. The maximum absolute atomic E-state index is 3.59. The van der Waals surface area contributed by atoms with Crippen LogP contribution < -0.4 is 5.32 Å². The molecule has 14 heavy (non-hydrogen) atoms. The van der Waals surface area contributed by atoms with Crippen molar-refractivity contribution in [2.24, 2.45) is 0 Å². The molecule has 2 heterocycles. The number of rotatable bonds is 3. The van der Waals surface area contributed by atoms with Crippen molar-refractivity contribution < 1.29 is 0 Å². The van der Waals surface area contributed by atoms with Gasteiger partial charge >= 0.3 is 0 Å². The lowest BCUT2D eigenvalue weighted by molar-refractivity contribution is 0.215. The van der Waals surface area contributed by atoms with Crippen LogP contribution in [0.5, 0.6) is 0 Å². The molecule has 2 rings (SSSR count). The van der Waals surface area contributed by atoms with Gasteiger partial charge in [0.25, 0.3) is 0 Å². The minimum absolute atomic E-state index is 0.788. The zero-order valence-corrected chi connectivity index (χ0v) is 9.98. The summed E-state index contributed by atoms with van der Waals surface area (Å²) in [6.07, 6.45) is 7.85. The SMILES string of the molecule is CSC1CCCN(CC2CCCN2)C1. The lowest BCUT2D eigenvalue weighted by Crippen LogP contribution is -2.43. The van der Waals surface area contributed by atoms with Crippen molar-refractivity contribution in [1.29, 1.82) is 0 Å². The first-order valence-electron chi connectivity index (χ1n) is 5.87. The molecule has 0 amide bonds. The summed E-state index contributed by atoms with van der Waals surface area (Å²) < 4.78 is 0. The van der Waals surface area contributed by atoms with E-state index in [1.165, 1.54) is 51.9 Å². The van der Waals surface area contributed by atoms with Crippen molar-refractivity contribution in [3.63, 3.8) is 0 Å². The van der Waals surface area contributed by atoms with Gasteiger partial charge in [0.2, 0.25) is 0 Å². The van der Waals surface area contributed by atoms with Gasteiger partial charge in [0.1, 0.15) is 0 Å². The van der Waals surface area contributed by atoms with E-state index >= 15 is 0 Å². The van der Waals surface area contributed by atoms with Crippen LogP contribution in [0.3, 0.4) is 0 Å². The van der Waals surface area contributed by atoms with Crippen molar-refractivity contribution in [2.45, 2.75) is 37.0 Å². The quantitative estimate of drug-likeness (QED) is 0.768. The Morgan fingerprint density at radius 1 is 1.36 bits per heavy atom. The van der Waals surface area contributed by atoms with Gasteiger partial charge in [0.15, 0.2) is 0 Å². The van der Waals surface area contributed by atoms with Gasteiger partial charge in [-0.1, -0.05) is 0 Å². The second kappa shape index (κ2) is 5.38. The van der Waals surface area contributed by atoms with Crippen molar-refractivity contribution in [3.05, 3.63) is 0 Å². The Balaban J connectivity index is 1.73. The number of thioether (sulfide) groups is 1. The van der Waals surface area contributed by atoms with Crippen molar-refractivity contribution in [3.8, 4) is 0 Å². The van der Waals surface area contributed by atoms with E-state index in [9.17, 15) is 0 Å². The number of hydrogen-bond acceptors (Lipinski definition) is 3. The van der Waals surface area contributed by atoms with Crippen molar-refractivity contribution >= 4 is 11.8 Å². The molecule has 0 aliphatic carbocycles. The largest absolute Gasteiger partial charge is 0.313 e. The van der Waals surface area contributed by atoms with Crippen LogP contribution in [0.2, 0.25) is 0 Å². The molecule has 0 saturated carbocycles. The van der Waals surface area contributed by atoms with Crippen molar-refractivity contribution in [2.75, 3.05) is 32.4 Å². The number of likely N-dealkylation sites (tertiary alicyclic amines) is 1. The zero-order chi connectivity index (χ0) is 9.80. The monoisotopic (exact) mass is 214 g/mol. The van der Waals surface area contributed by atoms with E-state index in [1.54, 1.807) is 0 Å². The molecule has 2 aliphatic rings. The zero-order valence-electron chi connectivity index (χ0n) is 9.17. The van der Waals surface area contributed by atoms with Crippen LogP contribution in [0.15, 0.2) is 0 Å². The van der Waals surface area contributed by atoms with Crippen molar-refractivity contribution in [1.82, 2.24) is 10.2 Å². The van der Waals surface area contributed by atoms with Crippen LogP contribution in [0.25, 0.3) is 0 Å². The number of piperidine rings is 1. The van der Waals surface area contributed by atoms with E-state index in [1.807, 2.05) is 11.8 Å². The van der Waals surface area contributed by atoms with Gasteiger partial charge in [0, 0.05) is 24.4 Å². The van der Waals surface area contributed by atoms with Crippen LogP contribution in [-0.4, -0.2) is 48.6 Å². The Morgan fingerprint density at radius 2 is 2.29 bits per heavy atom. The fraction of sp³-hybridized carbons (Fsp3) is 1.00. The molecule has 2 atom stereocenters. The van der Waals surface area contributed by atoms with E-state index in [0.29, 0.717) is 0 Å². The lowest BCUT2D eigenvalue weighted by atomic mass is 10.1. The second-order valence-corrected chi connectivity index (χ2v) is 5.69. The number of nitrogens with zero attached hydrogens (tertiary/aromatic N) is 1. The first kappa shape index (κ1) is 10.8. The summed E-state index contributed by atoms with van der Waals surface area (Å²) >= 11 is 2.05. The van der Waals surface area contributed by atoms with Gasteiger partial charge in [-0.2, -0.15) is 11.8 Å². The number of hydrogen-bond donors (Lipinski definition) is 1. The van der Waals surface area contributed by atoms with Gasteiger partial charge in [-0.3, -0.25) is 0 Å². The summed E-state index contributed by atoms with van der Waals surface area (Å²) in [5.41, 5.74) is 0. The fourth-order valence-corrected chi connectivity index (χ4v) is 3.36. The molecule has 3 heteroatoms. The Kier molecular flexibility index (Phi) is 4.14. The average molecular weight is 214 g/mol. The molecular weight excluding hydrogens is 192 g/mol. The molecule has 0 aromatic carbocycles. The molecule has 2 saturated heterocycles. The maximum Gasteiger partial charge on any atom is 0.0195 e. The number of nitrogens with one attached hydrogen (secondary N) is 1. The summed E-state index contributed by atoms with van der Waals surface area (Å²) in [6, 6.07) is 0.788. The normalized spacial score (nSPS) is 34.9. The molecule has 0 bridgehead atoms. The fourth-order valence-electron chi connectivity index (χ4n) is 2.60. The molecule has 2 unspecified atom stereocenters. The van der Waals surface area contributed by atoms with E-state index < -0.39 is 0 Å². The molecule has 82 valence electrons. The van der Waals surface area contributed by atoms with E-state index in [4.69, 9.17) is 0 Å². The minimum atomic E-state index is 0.788. The van der Waals surface area contributed by atoms with Crippen LogP contribution in [-0.2, 0) is 0 Å². The summed E-state index contributed by atoms with van der Waals surface area (Å²) in [6.45, 7) is 5.18. The summed E-state index contributed by atoms with van der Waals surface area (Å²) in [5, 5.41) is 4.48. The third-order valence-electron chi connectivity index (χ3n) is 3.44. The van der Waals surface area contributed by atoms with E-state index in [2.05, 4.69) is 16.5 Å². The third-order valence-corrected chi connectivity index (χ3v) is 4.49. The highest BCUT2D eigenvalue weighted by Gasteiger charge is 2.22. The first-order valence-corrected chi connectivity index (χ1v) is 7.16. The summed E-state index contributed by atoms with van der Waals surface area (Å²) in [5.74, 6) is 0. The Labute approximate surface area is 91.8 Å². The standard InChI is InChI=1S/C11H22N2S/c1-14-11-5-3-7-13(9-11)8-10-4-2-6-12-10/h10-12H,2-9H2,1H3. The van der Waals surface area contributed by atoms with Crippen LogP contribution >= 0.6 is 11.8 Å². The van der Waals surface area contributed by atoms with Crippen LogP contribution in [0, 0.1) is 0 Å². The Morgan fingerprint density at radius 3 is 3.00 bits per heavy atom. The maximum atomic E-state index is 3.59. The molecule has 2 aliphatic heterocycles. The molecule has 0 aromatic heterocycles. The average Bonchev–Trinajstić information content (AvgIpc) is 2.71. The highest BCUT2D eigenvalue weighted by molar-refractivity contribution is 7.99. The Bertz CT molecular complexity index is 169. The minimum Gasteiger partial charge on any atom is -0.313 e. The van der Waals surface area contributed by atoms with Crippen LogP contribution in [0.4, 0.5) is 0 Å². The second-order valence-electron chi connectivity index (χ2n) is 4.55. The first-order chi connectivity index (χ1) is 6.88. The highest BCUT2D eigenvalue weighted by Crippen LogP contribution is 2.20. The third kappa shape index (κ3) is 2.88. The van der Waals surface area contributed by atoms with E-state index in [0.717, 1.165) is 11.3 Å². The summed E-state index contributed by atoms with van der Waals surface area (Å²) in [7, 11) is 0. The molecule has 2 fully saturated rings. The molecule has 0 spiro atoms. The highest BCUT2D eigenvalue weighted by atomic mass is 32.2. The lowest BCUT2D eigenvalue weighted by Gasteiger charge is -2.33. The molecule has 0 radical (unpaired) electrons.